The Balaban J connectivity index is 0.00000137. The number of hydrogen-bond acceptors (Lipinski definition) is 3. The van der Waals surface area contributed by atoms with Crippen molar-refractivity contribution in [2.75, 3.05) is 19.0 Å². The zero-order valence-corrected chi connectivity index (χ0v) is 13.2. The van der Waals surface area contributed by atoms with Gasteiger partial charge in [-0.1, -0.05) is 25.4 Å². The lowest BCUT2D eigenvalue weighted by Gasteiger charge is -2.16. The molecule has 0 aromatic heterocycles. The molecule has 0 saturated heterocycles. The van der Waals surface area contributed by atoms with Crippen LogP contribution in [-0.4, -0.2) is 25.3 Å². The summed E-state index contributed by atoms with van der Waals surface area (Å²) in [5.41, 5.74) is 0. The number of thioether (sulfide) groups is 1. The average Bonchev–Trinajstić information content (AvgIpc) is 2.41. The Morgan fingerprint density at radius 2 is 1.56 bits per heavy atom. The first-order chi connectivity index (χ1) is 8.76. The van der Waals surface area contributed by atoms with Crippen LogP contribution < -0.4 is 0 Å². The third-order valence-electron chi connectivity index (χ3n) is 1.90. The average molecular weight is 291 g/mol. The molecule has 0 bridgehead atoms. The lowest BCUT2D eigenvalue weighted by Crippen LogP contribution is -2.19. The van der Waals surface area contributed by atoms with Crippen LogP contribution >= 0.6 is 23.4 Å². The van der Waals surface area contributed by atoms with E-state index in [1.165, 1.54) is 4.90 Å². The van der Waals surface area contributed by atoms with E-state index in [4.69, 9.17) is 21.1 Å². The fourth-order valence-corrected chi connectivity index (χ4v) is 2.19. The SMILES string of the molecule is CC.CCOC(CSc1ccc(Cl)cc1)OCC. The summed E-state index contributed by atoms with van der Waals surface area (Å²) in [6.45, 7) is 9.29. The zero-order valence-electron chi connectivity index (χ0n) is 11.6. The number of benzene rings is 1. The molecule has 1 rings (SSSR count). The van der Waals surface area contributed by atoms with E-state index in [0.29, 0.717) is 13.2 Å². The van der Waals surface area contributed by atoms with Gasteiger partial charge in [-0.2, -0.15) is 0 Å². The van der Waals surface area contributed by atoms with Crippen molar-refractivity contribution in [1.82, 2.24) is 0 Å². The number of ether oxygens (including phenoxy) is 2. The fraction of sp³-hybridized carbons (Fsp3) is 0.571. The summed E-state index contributed by atoms with van der Waals surface area (Å²) in [6.07, 6.45) is -0.129. The Labute approximate surface area is 120 Å². The number of halogens is 1. The van der Waals surface area contributed by atoms with Crippen LogP contribution in [0, 0.1) is 0 Å². The second kappa shape index (κ2) is 11.8. The van der Waals surface area contributed by atoms with E-state index in [1.807, 2.05) is 52.0 Å². The number of hydrogen-bond donors (Lipinski definition) is 0. The Morgan fingerprint density at radius 1 is 1.06 bits per heavy atom. The molecule has 0 aliphatic heterocycles. The molecule has 0 amide bonds. The Hall–Kier alpha value is -0.220. The van der Waals surface area contributed by atoms with Gasteiger partial charge in [-0.15, -0.1) is 11.8 Å². The van der Waals surface area contributed by atoms with Crippen LogP contribution in [0.25, 0.3) is 0 Å². The minimum Gasteiger partial charge on any atom is -0.352 e. The van der Waals surface area contributed by atoms with E-state index in [2.05, 4.69) is 0 Å². The lowest BCUT2D eigenvalue weighted by atomic mass is 10.4. The van der Waals surface area contributed by atoms with Gasteiger partial charge in [0, 0.05) is 28.9 Å². The van der Waals surface area contributed by atoms with Gasteiger partial charge < -0.3 is 9.47 Å². The second-order valence-electron chi connectivity index (χ2n) is 3.11. The molecule has 0 fully saturated rings. The van der Waals surface area contributed by atoms with Crippen LogP contribution in [-0.2, 0) is 9.47 Å². The van der Waals surface area contributed by atoms with Gasteiger partial charge in [0.25, 0.3) is 0 Å². The van der Waals surface area contributed by atoms with Crippen LogP contribution in [0.2, 0.25) is 5.02 Å². The minimum absolute atomic E-state index is 0.129. The highest BCUT2D eigenvalue weighted by Gasteiger charge is 2.08. The molecule has 0 saturated carbocycles. The smallest absolute Gasteiger partial charge is 0.166 e. The van der Waals surface area contributed by atoms with Gasteiger partial charge >= 0.3 is 0 Å². The van der Waals surface area contributed by atoms with Crippen molar-refractivity contribution < 1.29 is 9.47 Å². The van der Waals surface area contributed by atoms with E-state index < -0.39 is 0 Å². The van der Waals surface area contributed by atoms with Gasteiger partial charge in [-0.05, 0) is 38.1 Å². The summed E-state index contributed by atoms with van der Waals surface area (Å²) >= 11 is 7.52. The van der Waals surface area contributed by atoms with Crippen molar-refractivity contribution in [3.63, 3.8) is 0 Å². The van der Waals surface area contributed by atoms with Gasteiger partial charge in [0.05, 0.1) is 0 Å². The quantitative estimate of drug-likeness (QED) is 0.528. The van der Waals surface area contributed by atoms with E-state index in [1.54, 1.807) is 11.8 Å². The van der Waals surface area contributed by atoms with Crippen LogP contribution in [0.3, 0.4) is 0 Å². The van der Waals surface area contributed by atoms with Crippen molar-refractivity contribution in [2.45, 2.75) is 38.9 Å². The number of rotatable bonds is 7. The van der Waals surface area contributed by atoms with Crippen LogP contribution in [0.4, 0.5) is 0 Å². The Bertz CT molecular complexity index is 284. The molecular weight excluding hydrogens is 268 g/mol. The van der Waals surface area contributed by atoms with Gasteiger partial charge in [0.2, 0.25) is 0 Å². The topological polar surface area (TPSA) is 18.5 Å². The van der Waals surface area contributed by atoms with Crippen molar-refractivity contribution in [3.8, 4) is 0 Å². The first-order valence-electron chi connectivity index (χ1n) is 6.37. The zero-order chi connectivity index (χ0) is 13.8. The maximum absolute atomic E-state index is 5.82. The first kappa shape index (κ1) is 17.8. The van der Waals surface area contributed by atoms with Crippen molar-refractivity contribution in [1.29, 1.82) is 0 Å². The normalized spacial score (nSPS) is 10.1. The fourth-order valence-electron chi connectivity index (χ4n) is 1.21. The van der Waals surface area contributed by atoms with Gasteiger partial charge in [-0.3, -0.25) is 0 Å². The van der Waals surface area contributed by atoms with Crippen LogP contribution in [0.5, 0.6) is 0 Å². The first-order valence-corrected chi connectivity index (χ1v) is 7.74. The molecule has 2 nitrogen and oxygen atoms in total. The summed E-state index contributed by atoms with van der Waals surface area (Å²) in [6, 6.07) is 7.78. The largest absolute Gasteiger partial charge is 0.352 e. The minimum atomic E-state index is -0.129. The van der Waals surface area contributed by atoms with Crippen LogP contribution in [0.1, 0.15) is 27.7 Å². The molecule has 0 aliphatic carbocycles. The summed E-state index contributed by atoms with van der Waals surface area (Å²) < 4.78 is 10.9. The molecule has 104 valence electrons. The van der Waals surface area contributed by atoms with E-state index in [9.17, 15) is 0 Å². The Kier molecular flexibility index (Phi) is 11.7. The summed E-state index contributed by atoms with van der Waals surface area (Å²) in [4.78, 5) is 1.17. The molecule has 0 aliphatic rings. The van der Waals surface area contributed by atoms with Crippen molar-refractivity contribution in [3.05, 3.63) is 29.3 Å². The molecule has 4 heteroatoms. The predicted molar refractivity (Wildman–Crippen MR) is 80.6 cm³/mol. The highest BCUT2D eigenvalue weighted by molar-refractivity contribution is 7.99. The highest BCUT2D eigenvalue weighted by atomic mass is 35.5. The third kappa shape index (κ3) is 7.98. The molecule has 0 atom stereocenters. The molecule has 1 aromatic rings. The van der Waals surface area contributed by atoms with E-state index in [0.717, 1.165) is 10.8 Å². The standard InChI is InChI=1S/C12H17ClO2S.C2H6/c1-3-14-12(15-4-2)9-16-11-7-5-10(13)6-8-11;1-2/h5-8,12H,3-4,9H2,1-2H3;1-2H3. The maximum Gasteiger partial charge on any atom is 0.166 e. The van der Waals surface area contributed by atoms with Gasteiger partial charge in [0.15, 0.2) is 6.29 Å². The molecule has 0 unspecified atom stereocenters. The van der Waals surface area contributed by atoms with Crippen molar-refractivity contribution >= 4 is 23.4 Å². The summed E-state index contributed by atoms with van der Waals surface area (Å²) in [5.74, 6) is 0.795. The van der Waals surface area contributed by atoms with Crippen molar-refractivity contribution in [2.24, 2.45) is 0 Å². The molecule has 0 heterocycles. The van der Waals surface area contributed by atoms with Gasteiger partial charge in [0.1, 0.15) is 0 Å². The molecule has 1 aromatic carbocycles. The van der Waals surface area contributed by atoms with E-state index >= 15 is 0 Å². The van der Waals surface area contributed by atoms with E-state index in [-0.39, 0.29) is 6.29 Å². The monoisotopic (exact) mass is 290 g/mol. The highest BCUT2D eigenvalue weighted by Crippen LogP contribution is 2.21. The molecular formula is C14H23ClO2S. The van der Waals surface area contributed by atoms with Crippen LogP contribution in [0.15, 0.2) is 29.2 Å². The molecule has 0 spiro atoms. The van der Waals surface area contributed by atoms with Gasteiger partial charge in [-0.25, -0.2) is 0 Å². The summed E-state index contributed by atoms with van der Waals surface area (Å²) in [5, 5.41) is 0.760. The third-order valence-corrected chi connectivity index (χ3v) is 3.20. The Morgan fingerprint density at radius 3 is 2.00 bits per heavy atom. The summed E-state index contributed by atoms with van der Waals surface area (Å²) in [7, 11) is 0. The maximum atomic E-state index is 5.82. The molecule has 0 radical (unpaired) electrons. The lowest BCUT2D eigenvalue weighted by molar-refractivity contribution is -0.120. The molecule has 18 heavy (non-hydrogen) atoms. The predicted octanol–water partition coefficient (Wildman–Crippen LogP) is 4.86. The molecule has 0 N–H and O–H groups in total. The second-order valence-corrected chi connectivity index (χ2v) is 4.64.